The van der Waals surface area contributed by atoms with E-state index in [1.807, 2.05) is 65.6 Å². The third kappa shape index (κ3) is 4.23. The van der Waals surface area contributed by atoms with Gasteiger partial charge >= 0.3 is 6.03 Å². The summed E-state index contributed by atoms with van der Waals surface area (Å²) in [6.45, 7) is 1.65. The van der Waals surface area contributed by atoms with Crippen molar-refractivity contribution in [1.29, 1.82) is 0 Å². The number of urea groups is 1. The van der Waals surface area contributed by atoms with E-state index in [0.717, 1.165) is 11.1 Å². The van der Waals surface area contributed by atoms with Gasteiger partial charge in [0.2, 0.25) is 5.91 Å². The third-order valence-corrected chi connectivity index (χ3v) is 4.24. The van der Waals surface area contributed by atoms with E-state index in [9.17, 15) is 9.59 Å². The zero-order valence-corrected chi connectivity index (χ0v) is 13.8. The number of morpholine rings is 1. The number of carbonyl (C=O) groups is 2. The second-order valence-corrected chi connectivity index (χ2v) is 5.93. The van der Waals surface area contributed by atoms with Crippen molar-refractivity contribution >= 4 is 11.9 Å². The van der Waals surface area contributed by atoms with Gasteiger partial charge in [-0.15, -0.1) is 0 Å². The summed E-state index contributed by atoms with van der Waals surface area (Å²) in [6.07, 6.45) is -0.123. The molecule has 3 amide bonds. The Morgan fingerprint density at radius 3 is 2.36 bits per heavy atom. The summed E-state index contributed by atoms with van der Waals surface area (Å²) in [6, 6.07) is 17.8. The molecule has 130 valence electrons. The molecule has 0 radical (unpaired) electrons. The van der Waals surface area contributed by atoms with Crippen LogP contribution in [0.15, 0.2) is 60.7 Å². The average Bonchev–Trinajstić information content (AvgIpc) is 2.63. The highest BCUT2D eigenvalue weighted by Gasteiger charge is 2.33. The molecule has 0 saturated carbocycles. The average molecular weight is 339 g/mol. The van der Waals surface area contributed by atoms with Crippen LogP contribution in [0.3, 0.4) is 0 Å². The molecule has 1 aliphatic rings. The van der Waals surface area contributed by atoms with Crippen LogP contribution in [0.4, 0.5) is 4.79 Å². The van der Waals surface area contributed by atoms with Crippen molar-refractivity contribution < 1.29 is 14.3 Å². The number of benzene rings is 2. The number of hydrogen-bond donors (Lipinski definition) is 2. The number of amides is 3. The van der Waals surface area contributed by atoms with Crippen LogP contribution < -0.4 is 11.1 Å². The molecule has 0 aliphatic carbocycles. The maximum Gasteiger partial charge on any atom is 0.318 e. The summed E-state index contributed by atoms with van der Waals surface area (Å²) >= 11 is 0. The van der Waals surface area contributed by atoms with Gasteiger partial charge in [-0.1, -0.05) is 60.7 Å². The Labute approximate surface area is 146 Å². The monoisotopic (exact) mass is 339 g/mol. The molecule has 0 bridgehead atoms. The minimum atomic E-state index is -0.848. The second-order valence-electron chi connectivity index (χ2n) is 5.93. The zero-order valence-electron chi connectivity index (χ0n) is 13.8. The fourth-order valence-corrected chi connectivity index (χ4v) is 3.13. The maximum atomic E-state index is 12.6. The molecule has 1 aliphatic heterocycles. The molecule has 1 fully saturated rings. The molecule has 1 saturated heterocycles. The van der Waals surface area contributed by atoms with Crippen molar-refractivity contribution in [3.63, 3.8) is 0 Å². The number of nitrogens with two attached hydrogens (primary N) is 1. The van der Waals surface area contributed by atoms with Crippen LogP contribution >= 0.6 is 0 Å². The first kappa shape index (κ1) is 17.1. The Balaban J connectivity index is 1.85. The number of nitrogens with one attached hydrogen (secondary N) is 1. The first-order chi connectivity index (χ1) is 12.1. The van der Waals surface area contributed by atoms with Gasteiger partial charge in [0.15, 0.2) is 0 Å². The highest BCUT2D eigenvalue weighted by molar-refractivity contribution is 5.96. The van der Waals surface area contributed by atoms with E-state index in [1.54, 1.807) is 0 Å². The molecule has 6 heteroatoms. The number of nitrogens with zero attached hydrogens (tertiary/aromatic N) is 1. The topological polar surface area (TPSA) is 84.7 Å². The van der Waals surface area contributed by atoms with Crippen molar-refractivity contribution in [2.45, 2.75) is 12.1 Å². The van der Waals surface area contributed by atoms with Gasteiger partial charge in [-0.05, 0) is 11.1 Å². The summed E-state index contributed by atoms with van der Waals surface area (Å²) < 4.78 is 5.88. The number of hydrogen-bond acceptors (Lipinski definition) is 4. The standard InChI is InChI=1S/C19H21N3O3/c20-19(24)21-18(23)17(15-9-5-2-6-10-15)22-11-12-25-16(13-22)14-7-3-1-4-8-14/h1-10,16-17H,11-13H2,(H3,20,21,23,24)/t16-,17+/m1/s1. The van der Waals surface area contributed by atoms with Gasteiger partial charge in [0.05, 0.1) is 12.7 Å². The predicted molar refractivity (Wildman–Crippen MR) is 93.6 cm³/mol. The van der Waals surface area contributed by atoms with Crippen LogP contribution in [-0.4, -0.2) is 36.5 Å². The van der Waals surface area contributed by atoms with Gasteiger partial charge in [-0.3, -0.25) is 15.0 Å². The highest BCUT2D eigenvalue weighted by atomic mass is 16.5. The minimum Gasteiger partial charge on any atom is -0.371 e. The summed E-state index contributed by atoms with van der Waals surface area (Å²) in [7, 11) is 0. The first-order valence-corrected chi connectivity index (χ1v) is 8.21. The van der Waals surface area contributed by atoms with Crippen LogP contribution in [0.1, 0.15) is 23.3 Å². The number of imide groups is 1. The van der Waals surface area contributed by atoms with Crippen LogP contribution in [0.5, 0.6) is 0 Å². The molecule has 0 spiro atoms. The molecule has 6 nitrogen and oxygen atoms in total. The Kier molecular flexibility index (Phi) is 5.42. The molecular formula is C19H21N3O3. The van der Waals surface area contributed by atoms with E-state index in [2.05, 4.69) is 5.32 Å². The predicted octanol–water partition coefficient (Wildman–Crippen LogP) is 2.00. The summed E-state index contributed by atoms with van der Waals surface area (Å²) in [5.41, 5.74) is 7.02. The Hall–Kier alpha value is -2.70. The third-order valence-electron chi connectivity index (χ3n) is 4.24. The fourth-order valence-electron chi connectivity index (χ4n) is 3.13. The molecular weight excluding hydrogens is 318 g/mol. The van der Waals surface area contributed by atoms with E-state index >= 15 is 0 Å². The van der Waals surface area contributed by atoms with E-state index in [4.69, 9.17) is 10.5 Å². The van der Waals surface area contributed by atoms with Gasteiger partial charge in [0, 0.05) is 13.1 Å². The summed E-state index contributed by atoms with van der Waals surface area (Å²) in [5, 5.41) is 2.21. The molecule has 1 heterocycles. The molecule has 0 unspecified atom stereocenters. The number of carbonyl (C=O) groups excluding carboxylic acids is 2. The molecule has 2 atom stereocenters. The first-order valence-electron chi connectivity index (χ1n) is 8.21. The van der Waals surface area contributed by atoms with Gasteiger partial charge in [-0.25, -0.2) is 4.79 Å². The SMILES string of the molecule is NC(=O)NC(=O)[C@H](c1ccccc1)N1CCO[C@@H](c2ccccc2)C1. The summed E-state index contributed by atoms with van der Waals surface area (Å²) in [4.78, 5) is 25.8. The van der Waals surface area contributed by atoms with E-state index < -0.39 is 18.0 Å². The molecule has 0 aromatic heterocycles. The van der Waals surface area contributed by atoms with Crippen LogP contribution in [0.25, 0.3) is 0 Å². The van der Waals surface area contributed by atoms with Crippen molar-refractivity contribution in [3.05, 3.63) is 71.8 Å². The van der Waals surface area contributed by atoms with Crippen LogP contribution in [-0.2, 0) is 9.53 Å². The molecule has 25 heavy (non-hydrogen) atoms. The lowest BCUT2D eigenvalue weighted by atomic mass is 10.0. The quantitative estimate of drug-likeness (QED) is 0.892. The van der Waals surface area contributed by atoms with Crippen molar-refractivity contribution in [3.8, 4) is 0 Å². The Bertz CT molecular complexity index is 721. The summed E-state index contributed by atoms with van der Waals surface area (Å²) in [5.74, 6) is -0.424. The van der Waals surface area contributed by atoms with Gasteiger partial charge in [0.25, 0.3) is 0 Å². The van der Waals surface area contributed by atoms with Crippen molar-refractivity contribution in [1.82, 2.24) is 10.2 Å². The van der Waals surface area contributed by atoms with E-state index in [1.165, 1.54) is 0 Å². The van der Waals surface area contributed by atoms with Crippen molar-refractivity contribution in [2.75, 3.05) is 19.7 Å². The van der Waals surface area contributed by atoms with E-state index in [-0.39, 0.29) is 6.10 Å². The smallest absolute Gasteiger partial charge is 0.318 e. The zero-order chi connectivity index (χ0) is 17.6. The van der Waals surface area contributed by atoms with Gasteiger partial charge < -0.3 is 10.5 Å². The van der Waals surface area contributed by atoms with Crippen LogP contribution in [0, 0.1) is 0 Å². The molecule has 2 aromatic rings. The largest absolute Gasteiger partial charge is 0.371 e. The lowest BCUT2D eigenvalue weighted by Gasteiger charge is -2.37. The van der Waals surface area contributed by atoms with Gasteiger partial charge in [0.1, 0.15) is 6.04 Å². The van der Waals surface area contributed by atoms with Crippen molar-refractivity contribution in [2.24, 2.45) is 5.73 Å². The molecule has 3 N–H and O–H groups in total. The molecule has 3 rings (SSSR count). The second kappa shape index (κ2) is 7.92. The van der Waals surface area contributed by atoms with Gasteiger partial charge in [-0.2, -0.15) is 0 Å². The highest BCUT2D eigenvalue weighted by Crippen LogP contribution is 2.29. The van der Waals surface area contributed by atoms with E-state index in [0.29, 0.717) is 19.7 Å². The fraction of sp³-hybridized carbons (Fsp3) is 0.263. The minimum absolute atomic E-state index is 0.123. The molecule has 2 aromatic carbocycles. The maximum absolute atomic E-state index is 12.6. The number of primary amides is 1. The van der Waals surface area contributed by atoms with Crippen LogP contribution in [0.2, 0.25) is 0 Å². The number of ether oxygens (including phenoxy) is 1. The lowest BCUT2D eigenvalue weighted by Crippen LogP contribution is -2.48. The lowest BCUT2D eigenvalue weighted by molar-refractivity contribution is -0.129. The Morgan fingerprint density at radius 1 is 1.08 bits per heavy atom. The number of rotatable bonds is 4. The Morgan fingerprint density at radius 2 is 1.72 bits per heavy atom. The normalized spacial score (nSPS) is 19.1.